The average molecular weight is 267 g/mol. The highest BCUT2D eigenvalue weighted by Gasteiger charge is 1.95. The van der Waals surface area contributed by atoms with Crippen LogP contribution in [0, 0.1) is 0 Å². The summed E-state index contributed by atoms with van der Waals surface area (Å²) in [7, 11) is 4.03. The normalized spacial score (nSPS) is 11.1. The van der Waals surface area contributed by atoms with Crippen molar-refractivity contribution >= 4 is 23.6 Å². The Morgan fingerprint density at radius 1 is 1.33 bits per heavy atom. The molecule has 0 aliphatic carbocycles. The van der Waals surface area contributed by atoms with Crippen LogP contribution in [0.4, 0.5) is 0 Å². The fourth-order valence-electron chi connectivity index (χ4n) is 1.41. The fourth-order valence-corrected chi connectivity index (χ4v) is 1.54. The first-order chi connectivity index (χ1) is 8.58. The minimum absolute atomic E-state index is 0.0660. The van der Waals surface area contributed by atoms with Crippen LogP contribution < -0.4 is 5.32 Å². The molecule has 4 heteroatoms. The number of carbonyl (C=O) groups is 1. The van der Waals surface area contributed by atoms with E-state index in [1.807, 2.05) is 26.2 Å². The van der Waals surface area contributed by atoms with Gasteiger partial charge in [0.05, 0.1) is 0 Å². The molecule has 1 amide bonds. The molecule has 0 saturated carbocycles. The van der Waals surface area contributed by atoms with E-state index in [4.69, 9.17) is 11.6 Å². The molecule has 18 heavy (non-hydrogen) atoms. The van der Waals surface area contributed by atoms with E-state index in [2.05, 4.69) is 10.2 Å². The summed E-state index contributed by atoms with van der Waals surface area (Å²) in [5.74, 6) is -0.0660. The molecule has 0 fully saturated rings. The lowest BCUT2D eigenvalue weighted by molar-refractivity contribution is -0.116. The maximum Gasteiger partial charge on any atom is 0.243 e. The van der Waals surface area contributed by atoms with E-state index in [-0.39, 0.29) is 5.91 Å². The van der Waals surface area contributed by atoms with Gasteiger partial charge in [0.15, 0.2) is 0 Å². The number of nitrogens with one attached hydrogen (secondary N) is 1. The van der Waals surface area contributed by atoms with E-state index >= 15 is 0 Å². The van der Waals surface area contributed by atoms with E-state index in [0.717, 1.165) is 18.5 Å². The van der Waals surface area contributed by atoms with Crippen LogP contribution in [0.15, 0.2) is 30.3 Å². The highest BCUT2D eigenvalue weighted by atomic mass is 35.5. The van der Waals surface area contributed by atoms with Gasteiger partial charge in [-0.05, 0) is 50.8 Å². The lowest BCUT2D eigenvalue weighted by Gasteiger charge is -2.08. The van der Waals surface area contributed by atoms with Gasteiger partial charge in [0.1, 0.15) is 0 Å². The van der Waals surface area contributed by atoms with Crippen LogP contribution in [0.1, 0.15) is 12.0 Å². The lowest BCUT2D eigenvalue weighted by atomic mass is 10.2. The molecule has 3 nitrogen and oxygen atoms in total. The van der Waals surface area contributed by atoms with Gasteiger partial charge in [0, 0.05) is 17.6 Å². The third kappa shape index (κ3) is 6.42. The SMILES string of the molecule is CN(C)CCCNC(=O)/C=C/c1ccc(Cl)cc1. The average Bonchev–Trinajstić information content (AvgIpc) is 2.34. The predicted octanol–water partition coefficient (Wildman–Crippen LogP) is 2.42. The van der Waals surface area contributed by atoms with Crippen molar-refractivity contribution in [2.75, 3.05) is 27.2 Å². The Kier molecular flexibility index (Phi) is 6.47. The van der Waals surface area contributed by atoms with Crippen molar-refractivity contribution in [3.63, 3.8) is 0 Å². The van der Waals surface area contributed by atoms with Crippen LogP contribution in [0.25, 0.3) is 6.08 Å². The zero-order valence-electron chi connectivity index (χ0n) is 10.8. The third-order valence-electron chi connectivity index (χ3n) is 2.38. The number of carbonyl (C=O) groups excluding carboxylic acids is 1. The Balaban J connectivity index is 2.29. The molecule has 0 aliphatic rings. The highest BCUT2D eigenvalue weighted by molar-refractivity contribution is 6.30. The van der Waals surface area contributed by atoms with Crippen LogP contribution in [0.3, 0.4) is 0 Å². The van der Waals surface area contributed by atoms with Crippen LogP contribution in [-0.4, -0.2) is 38.0 Å². The highest BCUT2D eigenvalue weighted by Crippen LogP contribution is 2.10. The first-order valence-electron chi connectivity index (χ1n) is 5.94. The van der Waals surface area contributed by atoms with Crippen LogP contribution in [0.5, 0.6) is 0 Å². The third-order valence-corrected chi connectivity index (χ3v) is 2.63. The Labute approximate surface area is 113 Å². The summed E-state index contributed by atoms with van der Waals surface area (Å²) in [4.78, 5) is 13.6. The van der Waals surface area contributed by atoms with Crippen molar-refractivity contribution in [3.8, 4) is 0 Å². The number of halogens is 1. The zero-order valence-corrected chi connectivity index (χ0v) is 11.6. The molecule has 1 rings (SSSR count). The Bertz CT molecular complexity index is 399. The summed E-state index contributed by atoms with van der Waals surface area (Å²) in [6.45, 7) is 1.67. The maximum absolute atomic E-state index is 11.5. The van der Waals surface area contributed by atoms with E-state index in [0.29, 0.717) is 11.6 Å². The summed E-state index contributed by atoms with van der Waals surface area (Å²) < 4.78 is 0. The van der Waals surface area contributed by atoms with Gasteiger partial charge in [-0.25, -0.2) is 0 Å². The van der Waals surface area contributed by atoms with Crippen LogP contribution >= 0.6 is 11.6 Å². The lowest BCUT2D eigenvalue weighted by Crippen LogP contribution is -2.25. The molecule has 0 heterocycles. The number of hydrogen-bond acceptors (Lipinski definition) is 2. The Hall–Kier alpha value is -1.32. The van der Waals surface area contributed by atoms with Gasteiger partial charge >= 0.3 is 0 Å². The molecule has 1 aromatic carbocycles. The molecule has 0 atom stereocenters. The van der Waals surface area contributed by atoms with E-state index in [1.54, 1.807) is 24.3 Å². The number of benzene rings is 1. The van der Waals surface area contributed by atoms with Crippen LogP contribution in [0.2, 0.25) is 5.02 Å². The van der Waals surface area contributed by atoms with Crippen LogP contribution in [-0.2, 0) is 4.79 Å². The fraction of sp³-hybridized carbons (Fsp3) is 0.357. The maximum atomic E-state index is 11.5. The van der Waals surface area contributed by atoms with Gasteiger partial charge in [-0.3, -0.25) is 4.79 Å². The second-order valence-electron chi connectivity index (χ2n) is 4.33. The van der Waals surface area contributed by atoms with Gasteiger partial charge in [-0.15, -0.1) is 0 Å². The van der Waals surface area contributed by atoms with Crippen molar-refractivity contribution in [3.05, 3.63) is 40.9 Å². The monoisotopic (exact) mass is 266 g/mol. The number of amides is 1. The number of rotatable bonds is 6. The van der Waals surface area contributed by atoms with Gasteiger partial charge in [0.2, 0.25) is 5.91 Å². The van der Waals surface area contributed by atoms with E-state index in [1.165, 1.54) is 0 Å². The van der Waals surface area contributed by atoms with Gasteiger partial charge < -0.3 is 10.2 Å². The van der Waals surface area contributed by atoms with Crippen molar-refractivity contribution in [1.29, 1.82) is 0 Å². The molecule has 0 aromatic heterocycles. The Morgan fingerprint density at radius 2 is 2.00 bits per heavy atom. The molecule has 0 spiro atoms. The van der Waals surface area contributed by atoms with Crippen molar-refractivity contribution in [2.24, 2.45) is 0 Å². The molecule has 0 radical (unpaired) electrons. The zero-order chi connectivity index (χ0) is 13.4. The summed E-state index contributed by atoms with van der Waals surface area (Å²) in [5, 5.41) is 3.54. The van der Waals surface area contributed by atoms with E-state index in [9.17, 15) is 4.79 Å². The minimum Gasteiger partial charge on any atom is -0.353 e. The minimum atomic E-state index is -0.0660. The number of hydrogen-bond donors (Lipinski definition) is 1. The second-order valence-corrected chi connectivity index (χ2v) is 4.77. The molecule has 1 aromatic rings. The number of nitrogens with zero attached hydrogens (tertiary/aromatic N) is 1. The molecule has 0 saturated heterocycles. The smallest absolute Gasteiger partial charge is 0.243 e. The van der Waals surface area contributed by atoms with E-state index < -0.39 is 0 Å². The predicted molar refractivity (Wildman–Crippen MR) is 76.7 cm³/mol. The quantitative estimate of drug-likeness (QED) is 0.634. The first kappa shape index (κ1) is 14.7. The topological polar surface area (TPSA) is 32.3 Å². The van der Waals surface area contributed by atoms with Gasteiger partial charge in [0.25, 0.3) is 0 Å². The molecule has 0 aliphatic heterocycles. The summed E-state index contributed by atoms with van der Waals surface area (Å²) in [6, 6.07) is 7.35. The Morgan fingerprint density at radius 3 is 2.61 bits per heavy atom. The van der Waals surface area contributed by atoms with Crippen molar-refractivity contribution in [1.82, 2.24) is 10.2 Å². The largest absolute Gasteiger partial charge is 0.353 e. The standard InChI is InChI=1S/C14H19ClN2O/c1-17(2)11-3-10-16-14(18)9-6-12-4-7-13(15)8-5-12/h4-9H,3,10-11H2,1-2H3,(H,16,18)/b9-6+. The summed E-state index contributed by atoms with van der Waals surface area (Å²) in [5.41, 5.74) is 0.961. The molecular weight excluding hydrogens is 248 g/mol. The summed E-state index contributed by atoms with van der Waals surface area (Å²) in [6.07, 6.45) is 4.27. The van der Waals surface area contributed by atoms with Crippen molar-refractivity contribution in [2.45, 2.75) is 6.42 Å². The van der Waals surface area contributed by atoms with Gasteiger partial charge in [-0.1, -0.05) is 23.7 Å². The molecule has 0 unspecified atom stereocenters. The molecule has 98 valence electrons. The molecule has 1 N–H and O–H groups in total. The first-order valence-corrected chi connectivity index (χ1v) is 6.32. The molecule has 0 bridgehead atoms. The molecular formula is C14H19ClN2O. The van der Waals surface area contributed by atoms with Gasteiger partial charge in [-0.2, -0.15) is 0 Å². The second kappa shape index (κ2) is 7.90. The summed E-state index contributed by atoms with van der Waals surface area (Å²) >= 11 is 5.78. The van der Waals surface area contributed by atoms with Crippen molar-refractivity contribution < 1.29 is 4.79 Å².